The van der Waals surface area contributed by atoms with Crippen LogP contribution in [0.1, 0.15) is 0 Å². The normalized spacial score (nSPS) is 11.5. The van der Waals surface area contributed by atoms with Crippen molar-refractivity contribution in [2.45, 2.75) is 0 Å². The average molecular weight is 789 g/mol. The Morgan fingerprint density at radius 3 is 0.855 bits per heavy atom. The zero-order valence-electron chi connectivity index (χ0n) is 34.0. The number of fused-ring (bicyclic) bond motifs is 6. The van der Waals surface area contributed by atoms with Crippen molar-refractivity contribution in [3.05, 3.63) is 243 Å². The van der Waals surface area contributed by atoms with Gasteiger partial charge in [-0.15, -0.1) is 0 Å². The third-order valence-electron chi connectivity index (χ3n) is 12.5. The summed E-state index contributed by atoms with van der Waals surface area (Å²) in [6.45, 7) is 0. The van der Waals surface area contributed by atoms with E-state index in [1.165, 1.54) is 99.2 Å². The molecule has 0 aliphatic heterocycles. The number of aromatic nitrogens is 2. The molecule has 10 aromatic carbocycles. The quantitative estimate of drug-likeness (QED) is 0.152. The molecule has 0 saturated carbocycles. The van der Waals surface area contributed by atoms with E-state index in [1.54, 1.807) is 0 Å². The average Bonchev–Trinajstić information content (AvgIpc) is 3.88. The molecule has 2 heteroatoms. The molecule has 12 rings (SSSR count). The highest BCUT2D eigenvalue weighted by Crippen LogP contribution is 2.47. The summed E-state index contributed by atoms with van der Waals surface area (Å²) in [5.74, 6) is 0. The lowest BCUT2D eigenvalue weighted by Gasteiger charge is -2.14. The van der Waals surface area contributed by atoms with Crippen LogP contribution < -0.4 is 0 Å². The molecule has 0 fully saturated rings. The number of benzene rings is 10. The van der Waals surface area contributed by atoms with E-state index in [9.17, 15) is 0 Å². The molecular weight excluding hydrogens is 749 g/mol. The minimum absolute atomic E-state index is 1.14. The summed E-state index contributed by atoms with van der Waals surface area (Å²) in [5.41, 5.74) is 19.1. The van der Waals surface area contributed by atoms with Crippen molar-refractivity contribution in [2.24, 2.45) is 0 Å². The van der Waals surface area contributed by atoms with Crippen molar-refractivity contribution in [1.82, 2.24) is 9.13 Å². The first kappa shape index (κ1) is 35.7. The predicted octanol–water partition coefficient (Wildman–Crippen LogP) is 16.2. The van der Waals surface area contributed by atoms with Crippen molar-refractivity contribution in [3.8, 4) is 67.0 Å². The standard InChI is InChI=1S/C60H40N2/c1-7-19-41(20-8-1)49-33-35-51(43-23-11-3-12-24-43)59-57(49)53-39-45(31-37-55(53)61(59)47-27-15-5-16-28-47)46-32-38-56-54(40-46)58-50(42-21-9-2-10-22-42)34-36-52(44-25-13-4-14-26-44)60(58)62(56)48-29-17-6-18-30-48/h1-40H. The first-order valence-corrected chi connectivity index (χ1v) is 21.4. The van der Waals surface area contributed by atoms with Crippen LogP contribution >= 0.6 is 0 Å². The molecule has 2 nitrogen and oxygen atoms in total. The van der Waals surface area contributed by atoms with E-state index < -0.39 is 0 Å². The Kier molecular flexibility index (Phi) is 8.53. The van der Waals surface area contributed by atoms with Gasteiger partial charge in [-0.3, -0.25) is 0 Å². The summed E-state index contributed by atoms with van der Waals surface area (Å²) >= 11 is 0. The molecule has 0 amide bonds. The van der Waals surface area contributed by atoms with Gasteiger partial charge in [0, 0.05) is 44.0 Å². The molecule has 0 aliphatic carbocycles. The summed E-state index contributed by atoms with van der Waals surface area (Å²) in [6, 6.07) is 88.4. The molecule has 0 bridgehead atoms. The topological polar surface area (TPSA) is 9.86 Å². The fourth-order valence-electron chi connectivity index (χ4n) is 9.76. The molecule has 290 valence electrons. The van der Waals surface area contributed by atoms with E-state index in [0.29, 0.717) is 0 Å². The zero-order valence-corrected chi connectivity index (χ0v) is 34.0. The summed E-state index contributed by atoms with van der Waals surface area (Å²) in [4.78, 5) is 0. The van der Waals surface area contributed by atoms with Crippen LogP contribution in [-0.2, 0) is 0 Å². The Bertz CT molecular complexity index is 3330. The third-order valence-corrected chi connectivity index (χ3v) is 12.5. The van der Waals surface area contributed by atoms with Crippen LogP contribution in [0, 0.1) is 0 Å². The molecule has 0 aliphatic rings. The van der Waals surface area contributed by atoms with E-state index in [0.717, 1.165) is 11.4 Å². The first-order chi connectivity index (χ1) is 30.8. The van der Waals surface area contributed by atoms with Crippen molar-refractivity contribution in [3.63, 3.8) is 0 Å². The molecular formula is C60H40N2. The zero-order chi connectivity index (χ0) is 41.0. The Hall–Kier alpha value is -8.20. The minimum atomic E-state index is 1.14. The molecule has 2 heterocycles. The number of nitrogens with zero attached hydrogens (tertiary/aromatic N) is 2. The Labute approximate surface area is 360 Å². The van der Waals surface area contributed by atoms with Crippen LogP contribution in [0.2, 0.25) is 0 Å². The molecule has 0 radical (unpaired) electrons. The van der Waals surface area contributed by atoms with Gasteiger partial charge < -0.3 is 9.13 Å². The second-order valence-electron chi connectivity index (χ2n) is 16.0. The van der Waals surface area contributed by atoms with Gasteiger partial charge in [0.15, 0.2) is 0 Å². The van der Waals surface area contributed by atoms with Gasteiger partial charge in [-0.2, -0.15) is 0 Å². The van der Waals surface area contributed by atoms with Gasteiger partial charge in [-0.05, 0) is 93.0 Å². The van der Waals surface area contributed by atoms with E-state index in [4.69, 9.17) is 0 Å². The lowest BCUT2D eigenvalue weighted by molar-refractivity contribution is 1.18. The highest BCUT2D eigenvalue weighted by atomic mass is 15.0. The molecule has 0 atom stereocenters. The molecule has 2 aromatic heterocycles. The second kappa shape index (κ2) is 14.8. The maximum absolute atomic E-state index is 2.47. The second-order valence-corrected chi connectivity index (χ2v) is 16.0. The monoisotopic (exact) mass is 788 g/mol. The number of rotatable bonds is 7. The van der Waals surface area contributed by atoms with Crippen molar-refractivity contribution < 1.29 is 0 Å². The fourth-order valence-corrected chi connectivity index (χ4v) is 9.76. The summed E-state index contributed by atoms with van der Waals surface area (Å²) in [6.07, 6.45) is 0. The minimum Gasteiger partial charge on any atom is -0.309 e. The Morgan fingerprint density at radius 1 is 0.226 bits per heavy atom. The molecule has 62 heavy (non-hydrogen) atoms. The maximum atomic E-state index is 2.47. The molecule has 0 saturated heterocycles. The van der Waals surface area contributed by atoms with Crippen LogP contribution in [0.3, 0.4) is 0 Å². The third kappa shape index (κ3) is 5.80. The maximum Gasteiger partial charge on any atom is 0.0625 e. The van der Waals surface area contributed by atoms with Crippen LogP contribution in [0.5, 0.6) is 0 Å². The summed E-state index contributed by atoms with van der Waals surface area (Å²) in [7, 11) is 0. The summed E-state index contributed by atoms with van der Waals surface area (Å²) < 4.78 is 4.94. The fraction of sp³-hybridized carbons (Fsp3) is 0. The molecule has 0 unspecified atom stereocenters. The first-order valence-electron chi connectivity index (χ1n) is 21.4. The smallest absolute Gasteiger partial charge is 0.0625 e. The highest BCUT2D eigenvalue weighted by molar-refractivity contribution is 6.22. The predicted molar refractivity (Wildman–Crippen MR) is 262 cm³/mol. The Balaban J connectivity index is 1.18. The van der Waals surface area contributed by atoms with Crippen molar-refractivity contribution >= 4 is 43.6 Å². The molecule has 0 N–H and O–H groups in total. The van der Waals surface area contributed by atoms with Crippen LogP contribution in [0.15, 0.2) is 243 Å². The van der Waals surface area contributed by atoms with Crippen molar-refractivity contribution in [1.29, 1.82) is 0 Å². The number of hydrogen-bond donors (Lipinski definition) is 0. The van der Waals surface area contributed by atoms with Crippen LogP contribution in [0.25, 0.3) is 111 Å². The van der Waals surface area contributed by atoms with E-state index >= 15 is 0 Å². The van der Waals surface area contributed by atoms with Gasteiger partial charge in [-0.1, -0.05) is 194 Å². The van der Waals surface area contributed by atoms with Gasteiger partial charge in [0.2, 0.25) is 0 Å². The van der Waals surface area contributed by atoms with Gasteiger partial charge in [-0.25, -0.2) is 0 Å². The van der Waals surface area contributed by atoms with Gasteiger partial charge in [0.1, 0.15) is 0 Å². The lowest BCUT2D eigenvalue weighted by atomic mass is 9.92. The summed E-state index contributed by atoms with van der Waals surface area (Å²) in [5, 5.41) is 4.94. The van der Waals surface area contributed by atoms with Gasteiger partial charge in [0.05, 0.1) is 22.1 Å². The van der Waals surface area contributed by atoms with Crippen LogP contribution in [0.4, 0.5) is 0 Å². The largest absolute Gasteiger partial charge is 0.309 e. The number of para-hydroxylation sites is 2. The van der Waals surface area contributed by atoms with Gasteiger partial charge in [0.25, 0.3) is 0 Å². The van der Waals surface area contributed by atoms with E-state index in [1.807, 2.05) is 0 Å². The van der Waals surface area contributed by atoms with E-state index in [-0.39, 0.29) is 0 Å². The van der Waals surface area contributed by atoms with E-state index in [2.05, 4.69) is 252 Å². The van der Waals surface area contributed by atoms with Crippen molar-refractivity contribution in [2.75, 3.05) is 0 Å². The van der Waals surface area contributed by atoms with Crippen LogP contribution in [-0.4, -0.2) is 9.13 Å². The molecule has 0 spiro atoms. The SMILES string of the molecule is c1ccc(-c2ccc(-c3ccccc3)c3c2c2cc(-c4ccc5c(c4)c4c(-c6ccccc6)ccc(-c6ccccc6)c4n5-c4ccccc4)ccc2n3-c2ccccc2)cc1. The highest BCUT2D eigenvalue weighted by Gasteiger charge is 2.23. The number of hydrogen-bond acceptors (Lipinski definition) is 0. The van der Waals surface area contributed by atoms with Gasteiger partial charge >= 0.3 is 0 Å². The lowest BCUT2D eigenvalue weighted by Crippen LogP contribution is -1.96. The molecule has 12 aromatic rings. The Morgan fingerprint density at radius 2 is 0.516 bits per heavy atom.